The van der Waals surface area contributed by atoms with E-state index in [9.17, 15) is 5.11 Å². The Bertz CT molecular complexity index is 582. The standard InChI is InChI=1S/C13H19N7O/c1-2-14-11-17-12(15-8-10(21)9-4-5-9)19-13(18-11)20-7-3-6-16-20/h3,6-7,9-10,21H,2,4-5,8H2,1H3,(H2,14,15,17,18,19). The highest BCUT2D eigenvalue weighted by atomic mass is 16.3. The number of rotatable bonds is 7. The molecule has 0 amide bonds. The van der Waals surface area contributed by atoms with Crippen LogP contribution in [0.3, 0.4) is 0 Å². The van der Waals surface area contributed by atoms with Gasteiger partial charge in [0.25, 0.3) is 5.95 Å². The van der Waals surface area contributed by atoms with Gasteiger partial charge in [0.2, 0.25) is 11.9 Å². The number of nitrogens with one attached hydrogen (secondary N) is 2. The highest BCUT2D eigenvalue weighted by molar-refractivity contribution is 5.37. The minimum absolute atomic E-state index is 0.350. The molecule has 1 saturated carbocycles. The van der Waals surface area contributed by atoms with Gasteiger partial charge in [-0.3, -0.25) is 0 Å². The van der Waals surface area contributed by atoms with Crippen molar-refractivity contribution in [1.29, 1.82) is 0 Å². The van der Waals surface area contributed by atoms with Crippen molar-refractivity contribution in [2.45, 2.75) is 25.9 Å². The van der Waals surface area contributed by atoms with Gasteiger partial charge in [0.05, 0.1) is 6.10 Å². The Morgan fingerprint density at radius 1 is 1.29 bits per heavy atom. The van der Waals surface area contributed by atoms with Crippen LogP contribution in [0.1, 0.15) is 19.8 Å². The van der Waals surface area contributed by atoms with Crippen molar-refractivity contribution in [3.63, 3.8) is 0 Å². The van der Waals surface area contributed by atoms with E-state index in [-0.39, 0.29) is 6.10 Å². The monoisotopic (exact) mass is 289 g/mol. The van der Waals surface area contributed by atoms with Gasteiger partial charge in [0.15, 0.2) is 0 Å². The maximum absolute atomic E-state index is 9.91. The minimum Gasteiger partial charge on any atom is -0.391 e. The molecule has 0 spiro atoms. The summed E-state index contributed by atoms with van der Waals surface area (Å²) in [6.07, 6.45) is 5.29. The van der Waals surface area contributed by atoms with Gasteiger partial charge in [-0.05, 0) is 31.7 Å². The molecular weight excluding hydrogens is 270 g/mol. The van der Waals surface area contributed by atoms with Crippen molar-refractivity contribution in [3.05, 3.63) is 18.5 Å². The molecule has 2 aromatic heterocycles. The summed E-state index contributed by atoms with van der Waals surface area (Å²) in [5.41, 5.74) is 0. The second kappa shape index (κ2) is 6.04. The second-order valence-electron chi connectivity index (χ2n) is 5.05. The number of aromatic nitrogens is 5. The van der Waals surface area contributed by atoms with Gasteiger partial charge in [0.1, 0.15) is 0 Å². The molecule has 3 rings (SSSR count). The number of aliphatic hydroxyl groups excluding tert-OH is 1. The smallest absolute Gasteiger partial charge is 0.257 e. The molecule has 0 aliphatic heterocycles. The van der Waals surface area contributed by atoms with Crippen LogP contribution in [0.5, 0.6) is 0 Å². The van der Waals surface area contributed by atoms with Crippen LogP contribution in [0.15, 0.2) is 18.5 Å². The SMILES string of the molecule is CCNc1nc(NCC(O)C2CC2)nc(-n2cccn2)n1. The Morgan fingerprint density at radius 3 is 2.67 bits per heavy atom. The maximum atomic E-state index is 9.91. The Labute approximate surface area is 122 Å². The molecule has 3 N–H and O–H groups in total. The zero-order valence-electron chi connectivity index (χ0n) is 11.9. The van der Waals surface area contributed by atoms with Crippen LogP contribution in [-0.4, -0.2) is 49.0 Å². The molecule has 1 aliphatic carbocycles. The molecule has 0 aromatic carbocycles. The number of hydrogen-bond donors (Lipinski definition) is 3. The van der Waals surface area contributed by atoms with E-state index in [1.54, 1.807) is 23.1 Å². The highest BCUT2D eigenvalue weighted by Crippen LogP contribution is 2.32. The van der Waals surface area contributed by atoms with Gasteiger partial charge >= 0.3 is 0 Å². The van der Waals surface area contributed by atoms with E-state index >= 15 is 0 Å². The van der Waals surface area contributed by atoms with Crippen LogP contribution in [0.2, 0.25) is 0 Å². The third-order valence-corrected chi connectivity index (χ3v) is 3.30. The first-order chi connectivity index (χ1) is 10.3. The Morgan fingerprint density at radius 2 is 2.05 bits per heavy atom. The lowest BCUT2D eigenvalue weighted by atomic mass is 10.2. The zero-order chi connectivity index (χ0) is 14.7. The largest absolute Gasteiger partial charge is 0.391 e. The molecule has 8 heteroatoms. The lowest BCUT2D eigenvalue weighted by Crippen LogP contribution is -2.23. The van der Waals surface area contributed by atoms with E-state index in [4.69, 9.17) is 0 Å². The summed E-state index contributed by atoms with van der Waals surface area (Å²) in [5.74, 6) is 1.78. The molecule has 1 unspecified atom stereocenters. The Hall–Kier alpha value is -2.22. The molecule has 2 heterocycles. The number of anilines is 2. The second-order valence-corrected chi connectivity index (χ2v) is 5.05. The van der Waals surface area contributed by atoms with E-state index in [0.717, 1.165) is 12.8 Å². The van der Waals surface area contributed by atoms with E-state index in [2.05, 4.69) is 30.7 Å². The molecule has 1 atom stereocenters. The van der Waals surface area contributed by atoms with Gasteiger partial charge in [0, 0.05) is 25.5 Å². The fourth-order valence-electron chi connectivity index (χ4n) is 2.01. The van der Waals surface area contributed by atoms with Crippen molar-refractivity contribution in [3.8, 4) is 5.95 Å². The summed E-state index contributed by atoms with van der Waals surface area (Å²) in [4.78, 5) is 12.9. The number of hydrogen-bond acceptors (Lipinski definition) is 7. The van der Waals surface area contributed by atoms with E-state index < -0.39 is 0 Å². The molecule has 8 nitrogen and oxygen atoms in total. The quantitative estimate of drug-likeness (QED) is 0.688. The summed E-state index contributed by atoms with van der Waals surface area (Å²) in [7, 11) is 0. The van der Waals surface area contributed by atoms with Crippen LogP contribution in [0.25, 0.3) is 5.95 Å². The van der Waals surface area contributed by atoms with Crippen molar-refractivity contribution < 1.29 is 5.11 Å². The normalized spacial score (nSPS) is 15.7. The first-order valence-corrected chi connectivity index (χ1v) is 7.18. The van der Waals surface area contributed by atoms with Gasteiger partial charge in [-0.15, -0.1) is 0 Å². The van der Waals surface area contributed by atoms with Gasteiger partial charge in [-0.2, -0.15) is 20.1 Å². The zero-order valence-corrected chi connectivity index (χ0v) is 11.9. The average molecular weight is 289 g/mol. The molecular formula is C13H19N7O. The van der Waals surface area contributed by atoms with E-state index in [1.165, 1.54) is 0 Å². The topological polar surface area (TPSA) is 101 Å². The molecule has 1 aliphatic rings. The average Bonchev–Trinajstić information content (AvgIpc) is 3.19. The Kier molecular flexibility index (Phi) is 3.96. The fourth-order valence-corrected chi connectivity index (χ4v) is 2.01. The fraction of sp³-hybridized carbons (Fsp3) is 0.538. The van der Waals surface area contributed by atoms with E-state index in [1.807, 2.05) is 6.92 Å². The third kappa shape index (κ3) is 3.46. The summed E-state index contributed by atoms with van der Waals surface area (Å²) in [5, 5.41) is 20.2. The van der Waals surface area contributed by atoms with Crippen LogP contribution < -0.4 is 10.6 Å². The van der Waals surface area contributed by atoms with Crippen LogP contribution in [0.4, 0.5) is 11.9 Å². The molecule has 112 valence electrons. The predicted molar refractivity (Wildman–Crippen MR) is 78.3 cm³/mol. The number of nitrogens with zero attached hydrogens (tertiary/aromatic N) is 5. The number of aliphatic hydroxyl groups is 1. The predicted octanol–water partition coefficient (Wildman–Crippen LogP) is 0.672. The van der Waals surface area contributed by atoms with Crippen molar-refractivity contribution in [2.24, 2.45) is 5.92 Å². The van der Waals surface area contributed by atoms with Crippen molar-refractivity contribution in [1.82, 2.24) is 24.7 Å². The molecule has 2 aromatic rings. The first-order valence-electron chi connectivity index (χ1n) is 7.18. The van der Waals surface area contributed by atoms with Gasteiger partial charge < -0.3 is 15.7 Å². The molecule has 0 radical (unpaired) electrons. The highest BCUT2D eigenvalue weighted by Gasteiger charge is 2.29. The first kappa shape index (κ1) is 13.7. The minimum atomic E-state index is -0.350. The summed E-state index contributed by atoms with van der Waals surface area (Å²) < 4.78 is 1.57. The lowest BCUT2D eigenvalue weighted by Gasteiger charge is -2.12. The van der Waals surface area contributed by atoms with Crippen LogP contribution >= 0.6 is 0 Å². The van der Waals surface area contributed by atoms with Gasteiger partial charge in [-0.1, -0.05) is 0 Å². The summed E-state index contributed by atoms with van der Waals surface area (Å²) in [6.45, 7) is 3.13. The summed E-state index contributed by atoms with van der Waals surface area (Å²) in [6, 6.07) is 1.81. The van der Waals surface area contributed by atoms with Gasteiger partial charge in [-0.25, -0.2) is 4.68 Å². The van der Waals surface area contributed by atoms with E-state index in [0.29, 0.717) is 36.9 Å². The van der Waals surface area contributed by atoms with Crippen molar-refractivity contribution >= 4 is 11.9 Å². The summed E-state index contributed by atoms with van der Waals surface area (Å²) >= 11 is 0. The maximum Gasteiger partial charge on any atom is 0.257 e. The molecule has 1 fully saturated rings. The molecule has 0 saturated heterocycles. The molecule has 21 heavy (non-hydrogen) atoms. The molecule has 0 bridgehead atoms. The van der Waals surface area contributed by atoms with Crippen molar-refractivity contribution in [2.75, 3.05) is 23.7 Å². The lowest BCUT2D eigenvalue weighted by molar-refractivity contribution is 0.164. The Balaban J connectivity index is 1.77. The van der Waals surface area contributed by atoms with Crippen LogP contribution in [-0.2, 0) is 0 Å². The third-order valence-electron chi connectivity index (χ3n) is 3.30. The van der Waals surface area contributed by atoms with Crippen LogP contribution in [0, 0.1) is 5.92 Å².